The molecular weight excluding hydrogens is 192 g/mol. The molecule has 0 N–H and O–H groups in total. The molecular formula is C12H20O3. The molecule has 0 aliphatic heterocycles. The standard InChI is InChI=1S/C12H20O3/c1-8-9-4-5-12(7-9,15-3)10(8)6-11(13)14-2/h8-10H,4-7H2,1-3H3. The fourth-order valence-corrected chi connectivity index (χ4v) is 3.64. The molecule has 0 saturated heterocycles. The molecule has 2 bridgehead atoms. The van der Waals surface area contributed by atoms with Crippen molar-refractivity contribution in [2.24, 2.45) is 17.8 Å². The van der Waals surface area contributed by atoms with Crippen molar-refractivity contribution in [3.63, 3.8) is 0 Å². The minimum absolute atomic E-state index is 0.0295. The smallest absolute Gasteiger partial charge is 0.305 e. The molecule has 3 heteroatoms. The van der Waals surface area contributed by atoms with Crippen molar-refractivity contribution < 1.29 is 14.3 Å². The van der Waals surface area contributed by atoms with Gasteiger partial charge in [-0.3, -0.25) is 4.79 Å². The zero-order valence-electron chi connectivity index (χ0n) is 9.79. The van der Waals surface area contributed by atoms with Gasteiger partial charge in [0.1, 0.15) is 0 Å². The Morgan fingerprint density at radius 3 is 2.80 bits per heavy atom. The summed E-state index contributed by atoms with van der Waals surface area (Å²) in [5, 5.41) is 0. The molecule has 2 rings (SSSR count). The first-order chi connectivity index (χ1) is 7.13. The minimum Gasteiger partial charge on any atom is -0.469 e. The molecule has 0 aromatic rings. The molecule has 4 atom stereocenters. The van der Waals surface area contributed by atoms with E-state index in [9.17, 15) is 4.79 Å². The van der Waals surface area contributed by atoms with Gasteiger partial charge >= 0.3 is 5.97 Å². The highest BCUT2D eigenvalue weighted by atomic mass is 16.5. The molecule has 4 unspecified atom stereocenters. The van der Waals surface area contributed by atoms with Gasteiger partial charge in [0.05, 0.1) is 19.1 Å². The number of ether oxygens (including phenoxy) is 2. The van der Waals surface area contributed by atoms with Crippen LogP contribution in [0.25, 0.3) is 0 Å². The number of fused-ring (bicyclic) bond motifs is 2. The number of carbonyl (C=O) groups excluding carboxylic acids is 1. The molecule has 0 heterocycles. The largest absolute Gasteiger partial charge is 0.469 e. The first-order valence-electron chi connectivity index (χ1n) is 5.75. The van der Waals surface area contributed by atoms with Gasteiger partial charge in [-0.15, -0.1) is 0 Å². The molecule has 2 saturated carbocycles. The van der Waals surface area contributed by atoms with Gasteiger partial charge in [0.2, 0.25) is 0 Å². The van der Waals surface area contributed by atoms with Gasteiger partial charge in [-0.1, -0.05) is 6.92 Å². The Balaban J connectivity index is 2.12. The maximum atomic E-state index is 11.4. The monoisotopic (exact) mass is 212 g/mol. The van der Waals surface area contributed by atoms with Gasteiger partial charge in [-0.25, -0.2) is 0 Å². The Kier molecular flexibility index (Phi) is 2.75. The lowest BCUT2D eigenvalue weighted by Crippen LogP contribution is -2.39. The summed E-state index contributed by atoms with van der Waals surface area (Å²) >= 11 is 0. The molecule has 0 aromatic heterocycles. The molecule has 2 aliphatic rings. The van der Waals surface area contributed by atoms with E-state index in [1.165, 1.54) is 13.5 Å². The molecule has 15 heavy (non-hydrogen) atoms. The Labute approximate surface area is 91.1 Å². The van der Waals surface area contributed by atoms with E-state index < -0.39 is 0 Å². The summed E-state index contributed by atoms with van der Waals surface area (Å²) in [6.07, 6.45) is 4.02. The number of esters is 1. The SMILES string of the molecule is COC(=O)CC1C(C)C2CCC1(OC)C2. The second-order valence-corrected chi connectivity index (χ2v) is 5.02. The summed E-state index contributed by atoms with van der Waals surface area (Å²) in [7, 11) is 3.24. The van der Waals surface area contributed by atoms with Crippen LogP contribution in [-0.2, 0) is 14.3 Å². The second-order valence-electron chi connectivity index (χ2n) is 5.02. The highest BCUT2D eigenvalue weighted by molar-refractivity contribution is 5.69. The highest BCUT2D eigenvalue weighted by Gasteiger charge is 2.56. The molecule has 86 valence electrons. The van der Waals surface area contributed by atoms with Crippen LogP contribution in [0.15, 0.2) is 0 Å². The third kappa shape index (κ3) is 1.57. The van der Waals surface area contributed by atoms with E-state index in [1.807, 2.05) is 0 Å². The van der Waals surface area contributed by atoms with Crippen LogP contribution >= 0.6 is 0 Å². The van der Waals surface area contributed by atoms with Crippen molar-refractivity contribution >= 4 is 5.97 Å². The van der Waals surface area contributed by atoms with E-state index in [1.54, 1.807) is 7.11 Å². The Bertz CT molecular complexity index is 264. The average molecular weight is 212 g/mol. The Hall–Kier alpha value is -0.570. The van der Waals surface area contributed by atoms with E-state index in [0.717, 1.165) is 18.8 Å². The molecule has 0 spiro atoms. The molecule has 3 nitrogen and oxygen atoms in total. The fourth-order valence-electron chi connectivity index (χ4n) is 3.64. The van der Waals surface area contributed by atoms with Crippen LogP contribution in [0.2, 0.25) is 0 Å². The Morgan fingerprint density at radius 1 is 1.47 bits per heavy atom. The van der Waals surface area contributed by atoms with Crippen LogP contribution in [0.4, 0.5) is 0 Å². The van der Waals surface area contributed by atoms with Gasteiger partial charge in [0.15, 0.2) is 0 Å². The van der Waals surface area contributed by atoms with Crippen LogP contribution in [-0.4, -0.2) is 25.8 Å². The highest BCUT2D eigenvalue weighted by Crippen LogP contribution is 2.57. The number of hydrogen-bond donors (Lipinski definition) is 0. The van der Waals surface area contributed by atoms with Crippen LogP contribution in [0.5, 0.6) is 0 Å². The van der Waals surface area contributed by atoms with Crippen LogP contribution in [0.3, 0.4) is 0 Å². The minimum atomic E-state index is -0.101. The van der Waals surface area contributed by atoms with Crippen LogP contribution < -0.4 is 0 Å². The first-order valence-corrected chi connectivity index (χ1v) is 5.75. The van der Waals surface area contributed by atoms with E-state index in [4.69, 9.17) is 9.47 Å². The first kappa shape index (κ1) is 10.9. The molecule has 0 radical (unpaired) electrons. The summed E-state index contributed by atoms with van der Waals surface area (Å²) in [6.45, 7) is 2.25. The van der Waals surface area contributed by atoms with Gasteiger partial charge in [0.25, 0.3) is 0 Å². The molecule has 2 fully saturated rings. The quantitative estimate of drug-likeness (QED) is 0.671. The van der Waals surface area contributed by atoms with Crippen molar-refractivity contribution in [3.8, 4) is 0 Å². The maximum absolute atomic E-state index is 11.4. The van der Waals surface area contributed by atoms with Crippen molar-refractivity contribution in [3.05, 3.63) is 0 Å². The number of carbonyl (C=O) groups is 1. The van der Waals surface area contributed by atoms with Gasteiger partial charge in [-0.2, -0.15) is 0 Å². The van der Waals surface area contributed by atoms with E-state index in [2.05, 4.69) is 6.92 Å². The van der Waals surface area contributed by atoms with Crippen molar-refractivity contribution in [2.75, 3.05) is 14.2 Å². The summed E-state index contributed by atoms with van der Waals surface area (Å²) in [6, 6.07) is 0. The Morgan fingerprint density at radius 2 is 2.20 bits per heavy atom. The van der Waals surface area contributed by atoms with Crippen LogP contribution in [0, 0.1) is 17.8 Å². The average Bonchev–Trinajstić information content (AvgIpc) is 2.78. The lowest BCUT2D eigenvalue weighted by molar-refractivity contribution is -0.146. The van der Waals surface area contributed by atoms with Crippen LogP contribution in [0.1, 0.15) is 32.6 Å². The van der Waals surface area contributed by atoms with Crippen molar-refractivity contribution in [1.29, 1.82) is 0 Å². The molecule has 2 aliphatic carbocycles. The zero-order valence-corrected chi connectivity index (χ0v) is 9.79. The third-order valence-corrected chi connectivity index (χ3v) is 4.62. The molecule has 0 amide bonds. The zero-order chi connectivity index (χ0) is 11.1. The fraction of sp³-hybridized carbons (Fsp3) is 0.917. The van der Waals surface area contributed by atoms with E-state index >= 15 is 0 Å². The number of rotatable bonds is 3. The maximum Gasteiger partial charge on any atom is 0.305 e. The normalized spacial score (nSPS) is 43.3. The summed E-state index contributed by atoms with van der Waals surface area (Å²) in [5.74, 6) is 1.60. The third-order valence-electron chi connectivity index (χ3n) is 4.62. The summed E-state index contributed by atoms with van der Waals surface area (Å²) < 4.78 is 10.5. The topological polar surface area (TPSA) is 35.5 Å². The predicted octanol–water partition coefficient (Wildman–Crippen LogP) is 2.00. The summed E-state index contributed by atoms with van der Waals surface area (Å²) in [4.78, 5) is 11.4. The van der Waals surface area contributed by atoms with E-state index in [0.29, 0.717) is 18.3 Å². The van der Waals surface area contributed by atoms with Crippen molar-refractivity contribution in [1.82, 2.24) is 0 Å². The van der Waals surface area contributed by atoms with Gasteiger partial charge in [0, 0.05) is 13.0 Å². The number of methoxy groups -OCH3 is 2. The molecule has 0 aromatic carbocycles. The second kappa shape index (κ2) is 3.78. The predicted molar refractivity (Wildman–Crippen MR) is 56.4 cm³/mol. The van der Waals surface area contributed by atoms with Gasteiger partial charge in [-0.05, 0) is 31.1 Å². The lowest BCUT2D eigenvalue weighted by Gasteiger charge is -2.36. The lowest BCUT2D eigenvalue weighted by atomic mass is 9.76. The number of hydrogen-bond acceptors (Lipinski definition) is 3. The van der Waals surface area contributed by atoms with E-state index in [-0.39, 0.29) is 11.6 Å². The summed E-state index contributed by atoms with van der Waals surface area (Å²) in [5.41, 5.74) is -0.0295. The van der Waals surface area contributed by atoms with Gasteiger partial charge < -0.3 is 9.47 Å². The van der Waals surface area contributed by atoms with Crippen molar-refractivity contribution in [2.45, 2.75) is 38.2 Å².